The number of nitrogens with two attached hydrogens (primary N) is 1. The molecule has 0 spiro atoms. The number of alkyl halides is 2. The fourth-order valence-corrected chi connectivity index (χ4v) is 1.69. The summed E-state index contributed by atoms with van der Waals surface area (Å²) in [6.07, 6.45) is -1.80. The van der Waals surface area contributed by atoms with Gasteiger partial charge >= 0.3 is 5.97 Å². The quantitative estimate of drug-likeness (QED) is 0.797. The third-order valence-electron chi connectivity index (χ3n) is 2.48. The number of pyridine rings is 1. The van der Waals surface area contributed by atoms with Gasteiger partial charge in [0.1, 0.15) is 5.75 Å². The highest BCUT2D eigenvalue weighted by molar-refractivity contribution is 5.73. The summed E-state index contributed by atoms with van der Waals surface area (Å²) < 4.78 is 35.9. The zero-order valence-corrected chi connectivity index (χ0v) is 10.8. The molecule has 106 valence electrons. The predicted octanol–water partition coefficient (Wildman–Crippen LogP) is 1.59. The molecule has 0 aliphatic carbocycles. The van der Waals surface area contributed by atoms with E-state index in [2.05, 4.69) is 4.98 Å². The summed E-state index contributed by atoms with van der Waals surface area (Å²) in [5.74, 6) is -0.633. The maximum atomic E-state index is 13.1. The zero-order chi connectivity index (χ0) is 14.4. The van der Waals surface area contributed by atoms with E-state index in [1.165, 1.54) is 13.3 Å². The van der Waals surface area contributed by atoms with Crippen LogP contribution in [0, 0.1) is 0 Å². The minimum Gasteiger partial charge on any atom is -0.496 e. The minimum absolute atomic E-state index is 0.0215. The van der Waals surface area contributed by atoms with Crippen LogP contribution in [0.25, 0.3) is 0 Å². The average molecular weight is 274 g/mol. The number of carbonyl (C=O) groups excluding carboxylic acids is 1. The molecule has 1 heterocycles. The number of methoxy groups -OCH3 is 1. The second-order valence-electron chi connectivity index (χ2n) is 3.66. The zero-order valence-electron chi connectivity index (χ0n) is 10.8. The van der Waals surface area contributed by atoms with Crippen LogP contribution in [0.1, 0.15) is 30.2 Å². The second kappa shape index (κ2) is 6.98. The molecular formula is C12H16F2N2O3. The summed E-state index contributed by atoms with van der Waals surface area (Å²) in [6.45, 7) is 1.84. The Kier molecular flexibility index (Phi) is 5.62. The molecule has 19 heavy (non-hydrogen) atoms. The summed E-state index contributed by atoms with van der Waals surface area (Å²) in [5, 5.41) is 0. The first-order chi connectivity index (χ1) is 9.04. The van der Waals surface area contributed by atoms with E-state index in [1.54, 1.807) is 6.92 Å². The van der Waals surface area contributed by atoms with E-state index in [-0.39, 0.29) is 31.0 Å². The van der Waals surface area contributed by atoms with Crippen LogP contribution in [-0.4, -0.2) is 24.7 Å². The Labute approximate surface area is 109 Å². The molecule has 0 bridgehead atoms. The lowest BCUT2D eigenvalue weighted by Gasteiger charge is -2.15. The van der Waals surface area contributed by atoms with E-state index >= 15 is 0 Å². The third-order valence-corrected chi connectivity index (χ3v) is 2.48. The monoisotopic (exact) mass is 274 g/mol. The minimum atomic E-state index is -2.81. The van der Waals surface area contributed by atoms with Crippen molar-refractivity contribution >= 4 is 5.97 Å². The molecule has 0 saturated heterocycles. The van der Waals surface area contributed by atoms with E-state index in [1.807, 2.05) is 0 Å². The molecule has 0 radical (unpaired) electrons. The van der Waals surface area contributed by atoms with Gasteiger partial charge in [0.15, 0.2) is 0 Å². The highest BCUT2D eigenvalue weighted by atomic mass is 19.3. The third kappa shape index (κ3) is 3.60. The van der Waals surface area contributed by atoms with Crippen LogP contribution in [0.3, 0.4) is 0 Å². The molecule has 1 aromatic rings. The van der Waals surface area contributed by atoms with Crippen LogP contribution in [0.2, 0.25) is 0 Å². The van der Waals surface area contributed by atoms with Crippen molar-refractivity contribution in [3.63, 3.8) is 0 Å². The van der Waals surface area contributed by atoms with Crippen molar-refractivity contribution < 1.29 is 23.0 Å². The standard InChI is InChI=1S/C12H16F2N2O3/c1-3-19-9(17)4-8-10(12(13)14)11(18-2)7(5-15)6-16-8/h6,12H,3-5,15H2,1-2H3. The molecule has 0 aliphatic heterocycles. The first-order valence-corrected chi connectivity index (χ1v) is 5.73. The predicted molar refractivity (Wildman–Crippen MR) is 64.0 cm³/mol. The Morgan fingerprint density at radius 3 is 2.68 bits per heavy atom. The van der Waals surface area contributed by atoms with Gasteiger partial charge in [-0.05, 0) is 6.92 Å². The SMILES string of the molecule is CCOC(=O)Cc1ncc(CN)c(OC)c1C(F)F. The van der Waals surface area contributed by atoms with Gasteiger partial charge in [-0.15, -0.1) is 0 Å². The van der Waals surface area contributed by atoms with Crippen molar-refractivity contribution in [3.8, 4) is 5.75 Å². The van der Waals surface area contributed by atoms with Crippen molar-refractivity contribution in [2.75, 3.05) is 13.7 Å². The number of hydrogen-bond donors (Lipinski definition) is 1. The van der Waals surface area contributed by atoms with Gasteiger partial charge in [-0.3, -0.25) is 9.78 Å². The van der Waals surface area contributed by atoms with Gasteiger partial charge in [-0.1, -0.05) is 0 Å². The van der Waals surface area contributed by atoms with Crippen molar-refractivity contribution in [3.05, 3.63) is 23.0 Å². The summed E-state index contributed by atoms with van der Waals surface area (Å²) in [7, 11) is 1.27. The number of aromatic nitrogens is 1. The number of ether oxygens (including phenoxy) is 2. The molecule has 0 amide bonds. The summed E-state index contributed by atoms with van der Waals surface area (Å²) in [5.41, 5.74) is 5.35. The van der Waals surface area contributed by atoms with Crippen LogP contribution in [-0.2, 0) is 22.5 Å². The Bertz CT molecular complexity index is 453. The number of nitrogens with zero attached hydrogens (tertiary/aromatic N) is 1. The normalized spacial score (nSPS) is 10.6. The van der Waals surface area contributed by atoms with E-state index in [9.17, 15) is 13.6 Å². The lowest BCUT2D eigenvalue weighted by atomic mass is 10.1. The molecule has 1 rings (SSSR count). The molecule has 0 fully saturated rings. The second-order valence-corrected chi connectivity index (χ2v) is 3.66. The molecule has 0 unspecified atom stereocenters. The lowest BCUT2D eigenvalue weighted by Crippen LogP contribution is -2.13. The molecule has 0 saturated carbocycles. The van der Waals surface area contributed by atoms with Gasteiger partial charge in [0.05, 0.1) is 31.4 Å². The van der Waals surface area contributed by atoms with Crippen LogP contribution in [0.15, 0.2) is 6.20 Å². The number of rotatable bonds is 6. The molecule has 1 aromatic heterocycles. The fourth-order valence-electron chi connectivity index (χ4n) is 1.69. The Hall–Kier alpha value is -1.76. The number of halogens is 2. The van der Waals surface area contributed by atoms with Gasteiger partial charge in [-0.25, -0.2) is 8.78 Å². The van der Waals surface area contributed by atoms with E-state index < -0.39 is 18.0 Å². The van der Waals surface area contributed by atoms with Crippen LogP contribution >= 0.6 is 0 Å². The number of hydrogen-bond acceptors (Lipinski definition) is 5. The van der Waals surface area contributed by atoms with Gasteiger partial charge in [0.2, 0.25) is 0 Å². The Morgan fingerprint density at radius 2 is 2.21 bits per heavy atom. The van der Waals surface area contributed by atoms with Gasteiger partial charge in [0.25, 0.3) is 6.43 Å². The topological polar surface area (TPSA) is 74.4 Å². The first-order valence-electron chi connectivity index (χ1n) is 5.73. The molecular weight excluding hydrogens is 258 g/mol. The van der Waals surface area contributed by atoms with Crippen LogP contribution in [0.4, 0.5) is 8.78 Å². The Balaban J connectivity index is 3.20. The largest absolute Gasteiger partial charge is 0.496 e. The first kappa shape index (κ1) is 15.3. The van der Waals surface area contributed by atoms with E-state index in [0.717, 1.165) is 0 Å². The summed E-state index contributed by atoms with van der Waals surface area (Å²) in [6, 6.07) is 0. The van der Waals surface area contributed by atoms with Crippen molar-refractivity contribution in [2.45, 2.75) is 26.3 Å². The molecule has 0 atom stereocenters. The maximum Gasteiger partial charge on any atom is 0.311 e. The van der Waals surface area contributed by atoms with E-state index in [0.29, 0.717) is 5.56 Å². The molecule has 5 nitrogen and oxygen atoms in total. The van der Waals surface area contributed by atoms with Crippen LogP contribution < -0.4 is 10.5 Å². The average Bonchev–Trinajstić information content (AvgIpc) is 2.37. The number of esters is 1. The Morgan fingerprint density at radius 1 is 1.53 bits per heavy atom. The molecule has 0 aliphatic rings. The summed E-state index contributed by atoms with van der Waals surface area (Å²) >= 11 is 0. The molecule has 7 heteroatoms. The molecule has 0 aromatic carbocycles. The number of carbonyl (C=O) groups is 1. The lowest BCUT2D eigenvalue weighted by molar-refractivity contribution is -0.142. The van der Waals surface area contributed by atoms with Crippen molar-refractivity contribution in [2.24, 2.45) is 5.73 Å². The molecule has 2 N–H and O–H groups in total. The van der Waals surface area contributed by atoms with E-state index in [4.69, 9.17) is 15.2 Å². The van der Waals surface area contributed by atoms with Gasteiger partial charge in [-0.2, -0.15) is 0 Å². The maximum absolute atomic E-state index is 13.1. The van der Waals surface area contributed by atoms with Gasteiger partial charge < -0.3 is 15.2 Å². The summed E-state index contributed by atoms with van der Waals surface area (Å²) in [4.78, 5) is 15.2. The smallest absolute Gasteiger partial charge is 0.311 e. The van der Waals surface area contributed by atoms with Crippen molar-refractivity contribution in [1.82, 2.24) is 4.98 Å². The highest BCUT2D eigenvalue weighted by Crippen LogP contribution is 2.34. The highest BCUT2D eigenvalue weighted by Gasteiger charge is 2.24. The van der Waals surface area contributed by atoms with Crippen molar-refractivity contribution in [1.29, 1.82) is 0 Å². The van der Waals surface area contributed by atoms with Crippen LogP contribution in [0.5, 0.6) is 5.75 Å². The van der Waals surface area contributed by atoms with Gasteiger partial charge in [0, 0.05) is 18.3 Å². The fraction of sp³-hybridized carbons (Fsp3) is 0.500.